The molecule has 1 aliphatic rings. The standard InChI is InChI=1S/C22H16ClFN4OS/c23-19-11-21-27-26-13-28(21)20-10-16(1-2-18(19)20)30-17-8-14(7-15(24)9-17)22(12-25)3-5-29-6-4-22/h1-2,7-11,13H,3-6H2. The van der Waals surface area contributed by atoms with Gasteiger partial charge in [0.15, 0.2) is 5.65 Å². The van der Waals surface area contributed by atoms with Crippen LogP contribution in [0.3, 0.4) is 0 Å². The number of pyridine rings is 1. The Morgan fingerprint density at radius 3 is 2.77 bits per heavy atom. The SMILES string of the molecule is N#CC1(c2cc(F)cc(Sc3ccc4c(Cl)cc5nncn5c4c3)c2)CCOCC1. The second kappa shape index (κ2) is 7.55. The third-order valence-corrected chi connectivity index (χ3v) is 6.81. The molecule has 3 heterocycles. The Kier molecular flexibility index (Phi) is 4.86. The molecular weight excluding hydrogens is 423 g/mol. The van der Waals surface area contributed by atoms with Gasteiger partial charge < -0.3 is 4.74 Å². The van der Waals surface area contributed by atoms with Crippen molar-refractivity contribution in [3.8, 4) is 6.07 Å². The van der Waals surface area contributed by atoms with E-state index in [0.29, 0.717) is 42.3 Å². The fourth-order valence-electron chi connectivity index (χ4n) is 3.91. The van der Waals surface area contributed by atoms with Crippen molar-refractivity contribution in [2.45, 2.75) is 28.0 Å². The Hall–Kier alpha value is -2.66. The van der Waals surface area contributed by atoms with Gasteiger partial charge in [-0.3, -0.25) is 4.40 Å². The fourth-order valence-corrected chi connectivity index (χ4v) is 5.11. The van der Waals surface area contributed by atoms with Crippen LogP contribution in [0.25, 0.3) is 16.6 Å². The largest absolute Gasteiger partial charge is 0.381 e. The molecule has 0 aliphatic carbocycles. The number of rotatable bonds is 3. The van der Waals surface area contributed by atoms with Crippen molar-refractivity contribution in [2.24, 2.45) is 0 Å². The van der Waals surface area contributed by atoms with Crippen LogP contribution in [0.2, 0.25) is 5.02 Å². The van der Waals surface area contributed by atoms with Gasteiger partial charge in [0, 0.05) is 34.5 Å². The molecule has 2 aromatic heterocycles. The first kappa shape index (κ1) is 19.3. The minimum Gasteiger partial charge on any atom is -0.381 e. The Labute approximate surface area is 181 Å². The van der Waals surface area contributed by atoms with Gasteiger partial charge in [0.25, 0.3) is 0 Å². The van der Waals surface area contributed by atoms with E-state index < -0.39 is 5.41 Å². The highest BCUT2D eigenvalue weighted by molar-refractivity contribution is 7.99. The van der Waals surface area contributed by atoms with Gasteiger partial charge in [0.1, 0.15) is 12.1 Å². The van der Waals surface area contributed by atoms with Gasteiger partial charge in [0.05, 0.1) is 22.0 Å². The number of benzene rings is 2. The highest BCUT2D eigenvalue weighted by Gasteiger charge is 2.35. The van der Waals surface area contributed by atoms with Gasteiger partial charge >= 0.3 is 0 Å². The maximum Gasteiger partial charge on any atom is 0.162 e. The van der Waals surface area contributed by atoms with E-state index in [1.165, 1.54) is 23.9 Å². The normalized spacial score (nSPS) is 16.0. The van der Waals surface area contributed by atoms with E-state index in [1.54, 1.807) is 12.4 Å². The summed E-state index contributed by atoms with van der Waals surface area (Å²) in [5.41, 5.74) is 1.54. The van der Waals surface area contributed by atoms with E-state index in [4.69, 9.17) is 16.3 Å². The zero-order valence-corrected chi connectivity index (χ0v) is 17.4. The summed E-state index contributed by atoms with van der Waals surface area (Å²) in [7, 11) is 0. The molecule has 0 amide bonds. The van der Waals surface area contributed by atoms with E-state index in [9.17, 15) is 9.65 Å². The highest BCUT2D eigenvalue weighted by Crippen LogP contribution is 2.39. The number of aromatic nitrogens is 3. The minimum atomic E-state index is -0.707. The molecule has 0 atom stereocenters. The average Bonchev–Trinajstić information content (AvgIpc) is 3.22. The topological polar surface area (TPSA) is 63.2 Å². The number of halogens is 2. The lowest BCUT2D eigenvalue weighted by molar-refractivity contribution is 0.0674. The van der Waals surface area contributed by atoms with Crippen molar-refractivity contribution >= 4 is 39.9 Å². The summed E-state index contributed by atoms with van der Waals surface area (Å²) in [5.74, 6) is -0.346. The number of hydrogen-bond donors (Lipinski definition) is 0. The summed E-state index contributed by atoms with van der Waals surface area (Å²) in [6, 6.07) is 14.9. The van der Waals surface area contributed by atoms with Crippen LogP contribution in [0, 0.1) is 17.1 Å². The molecule has 0 unspecified atom stereocenters. The average molecular weight is 439 g/mol. The van der Waals surface area contributed by atoms with E-state index in [2.05, 4.69) is 16.3 Å². The number of fused-ring (bicyclic) bond motifs is 3. The van der Waals surface area contributed by atoms with Crippen LogP contribution in [0.5, 0.6) is 0 Å². The molecule has 1 fully saturated rings. The van der Waals surface area contributed by atoms with Crippen LogP contribution < -0.4 is 0 Å². The van der Waals surface area contributed by atoms with Crippen LogP contribution in [0.1, 0.15) is 18.4 Å². The molecule has 0 radical (unpaired) electrons. The van der Waals surface area contributed by atoms with Gasteiger partial charge in [-0.25, -0.2) is 4.39 Å². The Balaban J connectivity index is 1.55. The Bertz CT molecular complexity index is 1310. The summed E-state index contributed by atoms with van der Waals surface area (Å²) in [4.78, 5) is 1.67. The third kappa shape index (κ3) is 3.31. The predicted molar refractivity (Wildman–Crippen MR) is 113 cm³/mol. The van der Waals surface area contributed by atoms with Gasteiger partial charge in [0.2, 0.25) is 0 Å². The van der Waals surface area contributed by atoms with E-state index in [-0.39, 0.29) is 5.82 Å². The molecule has 5 nitrogen and oxygen atoms in total. The van der Waals surface area contributed by atoms with Crippen molar-refractivity contribution in [3.05, 3.63) is 65.2 Å². The summed E-state index contributed by atoms with van der Waals surface area (Å²) >= 11 is 7.83. The molecule has 1 aliphatic heterocycles. The summed E-state index contributed by atoms with van der Waals surface area (Å²) in [6.45, 7) is 1.01. The van der Waals surface area contributed by atoms with Crippen molar-refractivity contribution in [1.29, 1.82) is 5.26 Å². The minimum absolute atomic E-state index is 0.346. The van der Waals surface area contributed by atoms with E-state index in [1.807, 2.05) is 28.7 Å². The number of ether oxygens (including phenoxy) is 1. The second-order valence-electron chi connectivity index (χ2n) is 7.31. The molecule has 5 rings (SSSR count). The maximum absolute atomic E-state index is 14.5. The molecule has 4 aromatic rings. The number of nitrogens with zero attached hydrogens (tertiary/aromatic N) is 4. The van der Waals surface area contributed by atoms with E-state index in [0.717, 1.165) is 20.7 Å². The van der Waals surface area contributed by atoms with Gasteiger partial charge in [-0.1, -0.05) is 29.4 Å². The summed E-state index contributed by atoms with van der Waals surface area (Å²) < 4.78 is 21.8. The van der Waals surface area contributed by atoms with Gasteiger partial charge in [-0.2, -0.15) is 5.26 Å². The molecule has 0 bridgehead atoms. The Morgan fingerprint density at radius 1 is 1.13 bits per heavy atom. The van der Waals surface area contributed by atoms with Crippen molar-refractivity contribution in [3.63, 3.8) is 0 Å². The van der Waals surface area contributed by atoms with Crippen LogP contribution in [0.15, 0.2) is 58.6 Å². The molecule has 30 heavy (non-hydrogen) atoms. The Morgan fingerprint density at radius 2 is 1.97 bits per heavy atom. The van der Waals surface area contributed by atoms with Crippen LogP contribution in [-0.4, -0.2) is 27.8 Å². The number of hydrogen-bond acceptors (Lipinski definition) is 5. The fraction of sp³-hybridized carbons (Fsp3) is 0.227. The zero-order valence-electron chi connectivity index (χ0n) is 15.8. The highest BCUT2D eigenvalue weighted by atomic mass is 35.5. The lowest BCUT2D eigenvalue weighted by Crippen LogP contribution is -2.32. The third-order valence-electron chi connectivity index (χ3n) is 5.54. The zero-order chi connectivity index (χ0) is 20.7. The lowest BCUT2D eigenvalue weighted by atomic mass is 9.75. The van der Waals surface area contributed by atoms with Crippen LogP contribution >= 0.6 is 23.4 Å². The number of nitriles is 1. The first-order valence-corrected chi connectivity index (χ1v) is 10.7. The predicted octanol–water partition coefficient (Wildman–Crippen LogP) is 5.40. The van der Waals surface area contributed by atoms with Gasteiger partial charge in [-0.05, 0) is 48.7 Å². The second-order valence-corrected chi connectivity index (χ2v) is 8.87. The molecule has 0 N–H and O–H groups in total. The van der Waals surface area contributed by atoms with E-state index >= 15 is 0 Å². The first-order valence-electron chi connectivity index (χ1n) is 9.48. The molecule has 150 valence electrons. The van der Waals surface area contributed by atoms with Crippen molar-refractivity contribution in [2.75, 3.05) is 13.2 Å². The monoisotopic (exact) mass is 438 g/mol. The van der Waals surface area contributed by atoms with Gasteiger partial charge in [-0.15, -0.1) is 10.2 Å². The lowest BCUT2D eigenvalue weighted by Gasteiger charge is -2.31. The summed E-state index contributed by atoms with van der Waals surface area (Å²) in [6.07, 6.45) is 2.78. The van der Waals surface area contributed by atoms with Crippen molar-refractivity contribution < 1.29 is 9.13 Å². The van der Waals surface area contributed by atoms with Crippen LogP contribution in [-0.2, 0) is 10.2 Å². The molecule has 2 aromatic carbocycles. The smallest absolute Gasteiger partial charge is 0.162 e. The molecule has 0 saturated carbocycles. The molecule has 1 saturated heterocycles. The quantitative estimate of drug-likeness (QED) is 0.428. The molecular formula is C22H16ClFN4OS. The summed E-state index contributed by atoms with van der Waals surface area (Å²) in [5, 5.41) is 19.3. The maximum atomic E-state index is 14.5. The molecule has 8 heteroatoms. The van der Waals surface area contributed by atoms with Crippen LogP contribution in [0.4, 0.5) is 4.39 Å². The van der Waals surface area contributed by atoms with Crippen molar-refractivity contribution in [1.82, 2.24) is 14.6 Å². The molecule has 0 spiro atoms. The first-order chi connectivity index (χ1) is 14.6.